The van der Waals surface area contributed by atoms with Crippen molar-refractivity contribution < 1.29 is 14.3 Å². The Hall–Kier alpha value is -1.78. The summed E-state index contributed by atoms with van der Waals surface area (Å²) in [5.41, 5.74) is 1.01. The quantitative estimate of drug-likeness (QED) is 0.893. The molecule has 1 aliphatic carbocycles. The van der Waals surface area contributed by atoms with Gasteiger partial charge in [-0.1, -0.05) is 29.8 Å². The van der Waals surface area contributed by atoms with Crippen molar-refractivity contribution in [2.75, 3.05) is 6.61 Å². The first-order valence-corrected chi connectivity index (χ1v) is 7.27. The number of aliphatic hydroxyl groups is 1. The van der Waals surface area contributed by atoms with E-state index in [2.05, 4.69) is 5.32 Å². The molecule has 1 heterocycles. The molecule has 1 aliphatic rings. The number of benzene rings is 1. The Bertz CT molecular complexity index is 626. The number of furan rings is 1. The van der Waals surface area contributed by atoms with Crippen LogP contribution in [0, 0.1) is 5.92 Å². The molecule has 110 valence electrons. The number of hydrogen-bond donors (Lipinski definition) is 2. The van der Waals surface area contributed by atoms with E-state index >= 15 is 0 Å². The molecule has 0 radical (unpaired) electrons. The van der Waals surface area contributed by atoms with Gasteiger partial charge in [0.25, 0.3) is 0 Å². The summed E-state index contributed by atoms with van der Waals surface area (Å²) in [7, 11) is 0. The lowest BCUT2D eigenvalue weighted by molar-refractivity contribution is -0.123. The van der Waals surface area contributed by atoms with Crippen LogP contribution in [-0.2, 0) is 4.79 Å². The van der Waals surface area contributed by atoms with Gasteiger partial charge in [0.1, 0.15) is 11.8 Å². The van der Waals surface area contributed by atoms with Crippen molar-refractivity contribution in [3.63, 3.8) is 0 Å². The molecule has 1 aromatic heterocycles. The lowest BCUT2D eigenvalue weighted by Gasteiger charge is -2.14. The minimum Gasteiger partial charge on any atom is -0.467 e. The Kier molecular flexibility index (Phi) is 3.99. The number of halogens is 1. The van der Waals surface area contributed by atoms with Gasteiger partial charge in [-0.2, -0.15) is 0 Å². The summed E-state index contributed by atoms with van der Waals surface area (Å²) in [5, 5.41) is 12.9. The smallest absolute Gasteiger partial charge is 0.224 e. The molecule has 0 bridgehead atoms. The molecular formula is C16H16ClNO3. The summed E-state index contributed by atoms with van der Waals surface area (Å²) in [5.74, 6) is 0.555. The third-order valence-electron chi connectivity index (χ3n) is 3.82. The summed E-state index contributed by atoms with van der Waals surface area (Å²) in [6.45, 7) is -0.192. The van der Waals surface area contributed by atoms with Crippen molar-refractivity contribution in [3.8, 4) is 0 Å². The average Bonchev–Trinajstić information content (AvgIpc) is 3.10. The van der Waals surface area contributed by atoms with E-state index in [0.29, 0.717) is 10.8 Å². The highest BCUT2D eigenvalue weighted by Crippen LogP contribution is 2.49. The van der Waals surface area contributed by atoms with Gasteiger partial charge in [0, 0.05) is 10.9 Å². The summed E-state index contributed by atoms with van der Waals surface area (Å²) in [6.07, 6.45) is 2.31. The lowest BCUT2D eigenvalue weighted by Crippen LogP contribution is -2.32. The maximum absolute atomic E-state index is 12.3. The highest BCUT2D eigenvalue weighted by Gasteiger charge is 2.45. The summed E-state index contributed by atoms with van der Waals surface area (Å²) in [6, 6.07) is 10.6. The number of aliphatic hydroxyl groups excluding tert-OH is 1. The number of hydrogen-bond acceptors (Lipinski definition) is 3. The molecule has 1 aromatic carbocycles. The lowest BCUT2D eigenvalue weighted by atomic mass is 10.1. The molecule has 2 aromatic rings. The van der Waals surface area contributed by atoms with Crippen LogP contribution in [0.1, 0.15) is 29.7 Å². The zero-order valence-corrected chi connectivity index (χ0v) is 12.1. The first-order chi connectivity index (χ1) is 10.2. The molecule has 0 aliphatic heterocycles. The van der Waals surface area contributed by atoms with Gasteiger partial charge in [0.05, 0.1) is 12.9 Å². The molecule has 0 spiro atoms. The number of carbonyl (C=O) groups excluding carboxylic acids is 1. The molecule has 3 atom stereocenters. The van der Waals surface area contributed by atoms with E-state index in [1.807, 2.05) is 24.3 Å². The van der Waals surface area contributed by atoms with E-state index in [1.54, 1.807) is 12.1 Å². The summed E-state index contributed by atoms with van der Waals surface area (Å²) in [4.78, 5) is 12.3. The molecule has 5 heteroatoms. The Balaban J connectivity index is 1.64. The van der Waals surface area contributed by atoms with Crippen molar-refractivity contribution in [1.82, 2.24) is 5.32 Å². The van der Waals surface area contributed by atoms with E-state index < -0.39 is 6.04 Å². The van der Waals surface area contributed by atoms with Gasteiger partial charge in [-0.3, -0.25) is 4.79 Å². The highest BCUT2D eigenvalue weighted by atomic mass is 35.5. The Morgan fingerprint density at radius 1 is 1.38 bits per heavy atom. The minimum absolute atomic E-state index is 0.0737. The zero-order chi connectivity index (χ0) is 14.8. The van der Waals surface area contributed by atoms with Crippen LogP contribution in [0.5, 0.6) is 0 Å². The van der Waals surface area contributed by atoms with Gasteiger partial charge in [-0.05, 0) is 36.1 Å². The van der Waals surface area contributed by atoms with Crippen molar-refractivity contribution in [2.24, 2.45) is 5.92 Å². The van der Waals surface area contributed by atoms with E-state index in [9.17, 15) is 9.90 Å². The molecule has 1 saturated carbocycles. The second-order valence-corrected chi connectivity index (χ2v) is 5.64. The molecule has 4 nitrogen and oxygen atoms in total. The Morgan fingerprint density at radius 2 is 2.19 bits per heavy atom. The molecule has 3 rings (SSSR count). The molecule has 3 unspecified atom stereocenters. The summed E-state index contributed by atoms with van der Waals surface area (Å²) >= 11 is 6.16. The molecule has 21 heavy (non-hydrogen) atoms. The van der Waals surface area contributed by atoms with Crippen molar-refractivity contribution in [2.45, 2.75) is 18.4 Å². The van der Waals surface area contributed by atoms with Crippen LogP contribution in [0.15, 0.2) is 47.1 Å². The maximum Gasteiger partial charge on any atom is 0.224 e. The van der Waals surface area contributed by atoms with E-state index in [-0.39, 0.29) is 24.3 Å². The predicted molar refractivity (Wildman–Crippen MR) is 79.0 cm³/mol. The van der Waals surface area contributed by atoms with Gasteiger partial charge in [0.15, 0.2) is 0 Å². The second kappa shape index (κ2) is 5.92. The first-order valence-electron chi connectivity index (χ1n) is 6.89. The Morgan fingerprint density at radius 3 is 2.86 bits per heavy atom. The zero-order valence-electron chi connectivity index (χ0n) is 11.3. The van der Waals surface area contributed by atoms with Crippen LogP contribution in [0.4, 0.5) is 0 Å². The topological polar surface area (TPSA) is 62.5 Å². The normalized spacial score (nSPS) is 21.8. The largest absolute Gasteiger partial charge is 0.467 e. The fourth-order valence-electron chi connectivity index (χ4n) is 2.58. The van der Waals surface area contributed by atoms with Crippen LogP contribution in [0.2, 0.25) is 5.02 Å². The van der Waals surface area contributed by atoms with Gasteiger partial charge in [-0.25, -0.2) is 0 Å². The molecule has 1 fully saturated rings. The first kappa shape index (κ1) is 14.2. The van der Waals surface area contributed by atoms with Crippen LogP contribution in [0.3, 0.4) is 0 Å². The van der Waals surface area contributed by atoms with Crippen molar-refractivity contribution in [3.05, 3.63) is 59.0 Å². The van der Waals surface area contributed by atoms with Crippen molar-refractivity contribution in [1.29, 1.82) is 0 Å². The number of rotatable bonds is 5. The molecular weight excluding hydrogens is 290 g/mol. The van der Waals surface area contributed by atoms with Gasteiger partial charge >= 0.3 is 0 Å². The standard InChI is InChI=1S/C16H16ClNO3/c17-13-5-2-1-4-10(13)11-8-12(11)16(20)18-14(9-19)15-6-3-7-21-15/h1-7,11-12,14,19H,8-9H2,(H,18,20). The third kappa shape index (κ3) is 2.96. The van der Waals surface area contributed by atoms with Crippen LogP contribution in [0.25, 0.3) is 0 Å². The molecule has 0 saturated heterocycles. The SMILES string of the molecule is O=C(NC(CO)c1ccco1)C1CC1c1ccccc1Cl. The summed E-state index contributed by atoms with van der Waals surface area (Å²) < 4.78 is 5.22. The fourth-order valence-corrected chi connectivity index (χ4v) is 2.86. The monoisotopic (exact) mass is 305 g/mol. The van der Waals surface area contributed by atoms with Crippen LogP contribution >= 0.6 is 11.6 Å². The fraction of sp³-hybridized carbons (Fsp3) is 0.312. The van der Waals surface area contributed by atoms with Crippen LogP contribution < -0.4 is 5.32 Å². The second-order valence-electron chi connectivity index (χ2n) is 5.23. The predicted octanol–water partition coefficient (Wildman–Crippen LogP) is 2.89. The number of amides is 1. The third-order valence-corrected chi connectivity index (χ3v) is 4.16. The van der Waals surface area contributed by atoms with Gasteiger partial charge in [0.2, 0.25) is 5.91 Å². The van der Waals surface area contributed by atoms with E-state index in [1.165, 1.54) is 6.26 Å². The number of carbonyl (C=O) groups is 1. The van der Waals surface area contributed by atoms with E-state index in [4.69, 9.17) is 16.0 Å². The van der Waals surface area contributed by atoms with Crippen molar-refractivity contribution >= 4 is 17.5 Å². The molecule has 1 amide bonds. The minimum atomic E-state index is -0.500. The van der Waals surface area contributed by atoms with Gasteiger partial charge < -0.3 is 14.8 Å². The van der Waals surface area contributed by atoms with Gasteiger partial charge in [-0.15, -0.1) is 0 Å². The van der Waals surface area contributed by atoms with E-state index in [0.717, 1.165) is 12.0 Å². The average molecular weight is 306 g/mol. The highest BCUT2D eigenvalue weighted by molar-refractivity contribution is 6.31. The molecule has 2 N–H and O–H groups in total. The number of nitrogens with one attached hydrogen (secondary N) is 1. The van der Waals surface area contributed by atoms with Crippen LogP contribution in [-0.4, -0.2) is 17.6 Å². The maximum atomic E-state index is 12.3. The Labute approximate surface area is 127 Å².